The molecule has 0 atom stereocenters. The molecule has 0 aromatic heterocycles. The average Bonchev–Trinajstić information content (AvgIpc) is 2.01. The molecule has 0 aromatic rings. The molecule has 5 nitrogen and oxygen atoms in total. The number of nitrogens with one attached hydrogen (secondary N) is 1. The number of likely N-dealkylation sites (N-methyl/N-ethyl adjacent to an activating group) is 2. The van der Waals surface area contributed by atoms with Crippen molar-refractivity contribution < 1.29 is 14.7 Å². The summed E-state index contributed by atoms with van der Waals surface area (Å²) in [5.74, 6) is -1.15. The second-order valence-electron chi connectivity index (χ2n) is 2.52. The van der Waals surface area contributed by atoms with E-state index in [0.29, 0.717) is 6.54 Å². The van der Waals surface area contributed by atoms with E-state index < -0.39 is 5.97 Å². The van der Waals surface area contributed by atoms with Crippen molar-refractivity contribution in [3.8, 4) is 0 Å². The summed E-state index contributed by atoms with van der Waals surface area (Å²) in [6.07, 6.45) is 2.33. The highest BCUT2D eigenvalue weighted by Crippen LogP contribution is 1.84. The molecule has 0 spiro atoms. The van der Waals surface area contributed by atoms with Crippen LogP contribution in [-0.4, -0.2) is 42.0 Å². The van der Waals surface area contributed by atoms with E-state index in [-0.39, 0.29) is 12.5 Å². The lowest BCUT2D eigenvalue weighted by atomic mass is 10.5. The lowest BCUT2D eigenvalue weighted by Crippen LogP contribution is -2.32. The summed E-state index contributed by atoms with van der Waals surface area (Å²) in [5.41, 5.74) is 0. The molecule has 0 unspecified atom stereocenters. The van der Waals surface area contributed by atoms with E-state index in [0.717, 1.165) is 6.08 Å². The molecule has 0 heterocycles. The smallest absolute Gasteiger partial charge is 0.329 e. The van der Waals surface area contributed by atoms with Crippen LogP contribution in [0.15, 0.2) is 12.3 Å². The molecule has 13 heavy (non-hydrogen) atoms. The summed E-state index contributed by atoms with van der Waals surface area (Å²) >= 11 is 0. The highest BCUT2D eigenvalue weighted by molar-refractivity contribution is 5.80. The third kappa shape index (κ3) is 6.86. The van der Waals surface area contributed by atoms with Gasteiger partial charge >= 0.3 is 5.97 Å². The van der Waals surface area contributed by atoms with Gasteiger partial charge in [0.1, 0.15) is 0 Å². The number of carboxylic acids is 1. The molecule has 74 valence electrons. The third-order valence-electron chi connectivity index (χ3n) is 1.24. The van der Waals surface area contributed by atoms with Crippen molar-refractivity contribution in [1.82, 2.24) is 10.2 Å². The van der Waals surface area contributed by atoms with Crippen molar-refractivity contribution in [2.45, 2.75) is 6.92 Å². The minimum absolute atomic E-state index is 0.125. The van der Waals surface area contributed by atoms with Gasteiger partial charge in [0, 0.05) is 25.9 Å². The first-order valence-electron chi connectivity index (χ1n) is 3.94. The van der Waals surface area contributed by atoms with E-state index in [1.807, 2.05) is 6.92 Å². The predicted molar refractivity (Wildman–Crippen MR) is 48.1 cm³/mol. The van der Waals surface area contributed by atoms with Gasteiger partial charge in [0.15, 0.2) is 0 Å². The lowest BCUT2D eigenvalue weighted by molar-refractivity contribution is -0.131. The first-order valence-corrected chi connectivity index (χ1v) is 3.94. The molecule has 0 rings (SSSR count). The highest BCUT2D eigenvalue weighted by Gasteiger charge is 2.00. The van der Waals surface area contributed by atoms with Gasteiger partial charge in [-0.15, -0.1) is 0 Å². The second-order valence-corrected chi connectivity index (χ2v) is 2.52. The van der Waals surface area contributed by atoms with Crippen LogP contribution in [0.4, 0.5) is 0 Å². The second kappa shape index (κ2) is 6.05. The van der Waals surface area contributed by atoms with Crippen LogP contribution in [-0.2, 0) is 9.59 Å². The van der Waals surface area contributed by atoms with Crippen LogP contribution in [0.3, 0.4) is 0 Å². The van der Waals surface area contributed by atoms with Crippen LogP contribution in [0.1, 0.15) is 6.92 Å². The summed E-state index contributed by atoms with van der Waals surface area (Å²) in [6.45, 7) is 2.57. The minimum Gasteiger partial charge on any atom is -0.478 e. The number of amides is 1. The van der Waals surface area contributed by atoms with Gasteiger partial charge in [0.2, 0.25) is 5.91 Å². The number of rotatable bonds is 5. The fourth-order valence-electron chi connectivity index (χ4n) is 0.723. The van der Waals surface area contributed by atoms with Crippen molar-refractivity contribution >= 4 is 11.9 Å². The zero-order valence-corrected chi connectivity index (χ0v) is 7.78. The molecule has 0 fully saturated rings. The maximum atomic E-state index is 11.0. The Morgan fingerprint density at radius 3 is 2.62 bits per heavy atom. The van der Waals surface area contributed by atoms with Crippen LogP contribution in [0, 0.1) is 0 Å². The Labute approximate surface area is 77.0 Å². The zero-order chi connectivity index (χ0) is 10.3. The van der Waals surface area contributed by atoms with E-state index in [2.05, 4.69) is 5.32 Å². The topological polar surface area (TPSA) is 69.6 Å². The largest absolute Gasteiger partial charge is 0.478 e. The average molecular weight is 186 g/mol. The Morgan fingerprint density at radius 1 is 1.54 bits per heavy atom. The lowest BCUT2D eigenvalue weighted by Gasteiger charge is -2.12. The normalized spacial score (nSPS) is 10.0. The molecule has 0 radical (unpaired) electrons. The molecule has 0 saturated carbocycles. The molecule has 0 aliphatic rings. The van der Waals surface area contributed by atoms with Crippen molar-refractivity contribution in [3.05, 3.63) is 12.3 Å². The number of aliphatic carboxylic acids is 1. The quantitative estimate of drug-likeness (QED) is 0.576. The Balaban J connectivity index is 3.79. The summed E-state index contributed by atoms with van der Waals surface area (Å²) in [4.78, 5) is 22.6. The SMILES string of the molecule is CCNC(=O)CN(C)C=CC(=O)O. The van der Waals surface area contributed by atoms with Gasteiger partial charge in [-0.25, -0.2) is 4.79 Å². The molecule has 2 N–H and O–H groups in total. The van der Waals surface area contributed by atoms with Crippen LogP contribution >= 0.6 is 0 Å². The summed E-state index contributed by atoms with van der Waals surface area (Å²) < 4.78 is 0. The van der Waals surface area contributed by atoms with Crippen LogP contribution < -0.4 is 5.32 Å². The maximum Gasteiger partial charge on any atom is 0.329 e. The van der Waals surface area contributed by atoms with Gasteiger partial charge < -0.3 is 15.3 Å². The number of hydrogen-bond donors (Lipinski definition) is 2. The number of nitrogens with zero attached hydrogens (tertiary/aromatic N) is 1. The number of carbonyl (C=O) groups is 2. The molecule has 0 bridgehead atoms. The monoisotopic (exact) mass is 186 g/mol. The summed E-state index contributed by atoms with van der Waals surface area (Å²) in [6, 6.07) is 0. The van der Waals surface area contributed by atoms with E-state index >= 15 is 0 Å². The molecule has 0 aliphatic carbocycles. The van der Waals surface area contributed by atoms with Gasteiger partial charge in [-0.2, -0.15) is 0 Å². The fourth-order valence-corrected chi connectivity index (χ4v) is 0.723. The van der Waals surface area contributed by atoms with E-state index in [1.54, 1.807) is 7.05 Å². The van der Waals surface area contributed by atoms with Crippen molar-refractivity contribution in [2.24, 2.45) is 0 Å². The zero-order valence-electron chi connectivity index (χ0n) is 7.78. The van der Waals surface area contributed by atoms with Gasteiger partial charge in [-0.3, -0.25) is 4.79 Å². The standard InChI is InChI=1S/C8H14N2O3/c1-3-9-7(11)6-10(2)5-4-8(12)13/h4-5H,3,6H2,1-2H3,(H,9,11)(H,12,13). The highest BCUT2D eigenvalue weighted by atomic mass is 16.4. The van der Waals surface area contributed by atoms with Crippen LogP contribution in [0.25, 0.3) is 0 Å². The van der Waals surface area contributed by atoms with Gasteiger partial charge in [0.05, 0.1) is 6.54 Å². The molecule has 1 amide bonds. The fraction of sp³-hybridized carbons (Fsp3) is 0.500. The van der Waals surface area contributed by atoms with Crippen LogP contribution in [0.5, 0.6) is 0 Å². The van der Waals surface area contributed by atoms with Crippen molar-refractivity contribution in [2.75, 3.05) is 20.1 Å². The van der Waals surface area contributed by atoms with Crippen molar-refractivity contribution in [3.63, 3.8) is 0 Å². The van der Waals surface area contributed by atoms with E-state index in [1.165, 1.54) is 11.1 Å². The minimum atomic E-state index is -1.03. The van der Waals surface area contributed by atoms with Gasteiger partial charge in [-0.05, 0) is 6.92 Å². The molecule has 5 heteroatoms. The maximum absolute atomic E-state index is 11.0. The Morgan fingerprint density at radius 2 is 2.15 bits per heavy atom. The van der Waals surface area contributed by atoms with E-state index in [4.69, 9.17) is 5.11 Å². The first-order chi connectivity index (χ1) is 6.06. The molecule has 0 saturated heterocycles. The summed E-state index contributed by atoms with van der Waals surface area (Å²) in [5, 5.41) is 10.9. The number of carboxylic acid groups (broad SMARTS) is 1. The molecule has 0 aromatic carbocycles. The van der Waals surface area contributed by atoms with Gasteiger partial charge in [0.25, 0.3) is 0 Å². The van der Waals surface area contributed by atoms with Crippen LogP contribution in [0.2, 0.25) is 0 Å². The molecule has 0 aliphatic heterocycles. The predicted octanol–water partition coefficient (Wildman–Crippen LogP) is -0.347. The Bertz CT molecular complexity index is 213. The Hall–Kier alpha value is -1.52. The third-order valence-corrected chi connectivity index (χ3v) is 1.24. The molecular formula is C8H14N2O3. The Kier molecular flexibility index (Phi) is 5.34. The molecular weight excluding hydrogens is 172 g/mol. The summed E-state index contributed by atoms with van der Waals surface area (Å²) in [7, 11) is 1.63. The number of hydrogen-bond acceptors (Lipinski definition) is 3. The van der Waals surface area contributed by atoms with E-state index in [9.17, 15) is 9.59 Å². The van der Waals surface area contributed by atoms with Gasteiger partial charge in [-0.1, -0.05) is 0 Å². The van der Waals surface area contributed by atoms with Crippen molar-refractivity contribution in [1.29, 1.82) is 0 Å². The number of carbonyl (C=O) groups excluding carboxylic acids is 1. The first kappa shape index (κ1) is 11.5.